The molecule has 0 aromatic heterocycles. The number of hydrogen-bond acceptors (Lipinski definition) is 3. The van der Waals surface area contributed by atoms with Crippen molar-refractivity contribution in [1.29, 1.82) is 0 Å². The summed E-state index contributed by atoms with van der Waals surface area (Å²) in [6.45, 7) is 7.06. The van der Waals surface area contributed by atoms with E-state index in [0.717, 1.165) is 24.3 Å². The lowest BCUT2D eigenvalue weighted by Gasteiger charge is -2.15. The van der Waals surface area contributed by atoms with Gasteiger partial charge in [-0.2, -0.15) is 0 Å². The van der Waals surface area contributed by atoms with Crippen LogP contribution in [-0.2, 0) is 4.79 Å². The van der Waals surface area contributed by atoms with Crippen LogP contribution in [0.15, 0.2) is 24.3 Å². The molecule has 2 N–H and O–H groups in total. The molecule has 4 heteroatoms. The number of amides is 1. The molecule has 0 saturated carbocycles. The van der Waals surface area contributed by atoms with Gasteiger partial charge in [-0.25, -0.2) is 0 Å². The summed E-state index contributed by atoms with van der Waals surface area (Å²) >= 11 is 0. The summed E-state index contributed by atoms with van der Waals surface area (Å²) in [5.74, 6) is 0.899. The van der Waals surface area contributed by atoms with E-state index in [1.165, 1.54) is 0 Å². The fourth-order valence-electron chi connectivity index (χ4n) is 1.95. The fraction of sp³-hybridized carbons (Fsp3) is 0.562. The lowest BCUT2D eigenvalue weighted by atomic mass is 10.1. The summed E-state index contributed by atoms with van der Waals surface area (Å²) < 4.78 is 5.19. The second-order valence-corrected chi connectivity index (χ2v) is 5.28. The first kappa shape index (κ1) is 16.5. The molecular weight excluding hydrogens is 252 g/mol. The monoisotopic (exact) mass is 278 g/mol. The Kier molecular flexibility index (Phi) is 7.09. The molecule has 0 bridgehead atoms. The molecule has 0 saturated heterocycles. The van der Waals surface area contributed by atoms with Crippen molar-refractivity contribution in [2.45, 2.75) is 45.7 Å². The van der Waals surface area contributed by atoms with Crippen LogP contribution in [0.3, 0.4) is 0 Å². The second kappa shape index (κ2) is 8.59. The minimum atomic E-state index is -0.00402. The van der Waals surface area contributed by atoms with Gasteiger partial charge in [-0.05, 0) is 37.6 Å². The number of methoxy groups -OCH3 is 1. The van der Waals surface area contributed by atoms with Crippen molar-refractivity contribution in [1.82, 2.24) is 10.6 Å². The van der Waals surface area contributed by atoms with Crippen LogP contribution in [0.5, 0.6) is 5.75 Å². The lowest BCUT2D eigenvalue weighted by molar-refractivity contribution is -0.121. The zero-order chi connectivity index (χ0) is 15.0. The average molecular weight is 278 g/mol. The summed E-state index contributed by atoms with van der Waals surface area (Å²) in [5.41, 5.74) is 1.05. The zero-order valence-electron chi connectivity index (χ0n) is 12.9. The minimum Gasteiger partial charge on any atom is -0.497 e. The summed E-state index contributed by atoms with van der Waals surface area (Å²) in [6.07, 6.45) is 1.41. The Labute approximate surface area is 121 Å². The number of carbonyl (C=O) groups excluding carboxylic acids is 1. The summed E-state index contributed by atoms with van der Waals surface area (Å²) in [7, 11) is 1.64. The molecule has 0 fully saturated rings. The Balaban J connectivity index is 2.37. The number of carbonyl (C=O) groups is 1. The SMILES string of the molecule is COc1cccc([C@@H](C)NC(=O)CCCNC(C)C)c1. The topological polar surface area (TPSA) is 50.4 Å². The molecule has 20 heavy (non-hydrogen) atoms. The maximum Gasteiger partial charge on any atom is 0.220 e. The Morgan fingerprint density at radius 3 is 2.70 bits per heavy atom. The van der Waals surface area contributed by atoms with Crippen molar-refractivity contribution in [2.75, 3.05) is 13.7 Å². The molecule has 0 aliphatic heterocycles. The van der Waals surface area contributed by atoms with Crippen molar-refractivity contribution >= 4 is 5.91 Å². The third-order valence-corrected chi connectivity index (χ3v) is 3.10. The summed E-state index contributed by atoms with van der Waals surface area (Å²) in [6, 6.07) is 8.24. The molecule has 4 nitrogen and oxygen atoms in total. The van der Waals surface area contributed by atoms with Gasteiger partial charge in [-0.3, -0.25) is 4.79 Å². The van der Waals surface area contributed by atoms with Crippen LogP contribution < -0.4 is 15.4 Å². The van der Waals surface area contributed by atoms with Crippen molar-refractivity contribution in [3.05, 3.63) is 29.8 Å². The van der Waals surface area contributed by atoms with E-state index in [2.05, 4.69) is 24.5 Å². The van der Waals surface area contributed by atoms with Gasteiger partial charge in [0.2, 0.25) is 5.91 Å². The highest BCUT2D eigenvalue weighted by atomic mass is 16.5. The van der Waals surface area contributed by atoms with Gasteiger partial charge in [0, 0.05) is 12.5 Å². The summed E-state index contributed by atoms with van der Waals surface area (Å²) in [4.78, 5) is 11.9. The van der Waals surface area contributed by atoms with Gasteiger partial charge in [-0.15, -0.1) is 0 Å². The van der Waals surface area contributed by atoms with E-state index >= 15 is 0 Å². The molecule has 0 aliphatic rings. The quantitative estimate of drug-likeness (QED) is 0.719. The first-order valence-corrected chi connectivity index (χ1v) is 7.19. The first-order valence-electron chi connectivity index (χ1n) is 7.19. The first-order chi connectivity index (χ1) is 9.52. The molecule has 0 radical (unpaired) electrons. The van der Waals surface area contributed by atoms with Gasteiger partial charge in [0.1, 0.15) is 5.75 Å². The number of benzene rings is 1. The van der Waals surface area contributed by atoms with E-state index < -0.39 is 0 Å². The van der Waals surface area contributed by atoms with Gasteiger partial charge < -0.3 is 15.4 Å². The van der Waals surface area contributed by atoms with Crippen molar-refractivity contribution in [3.63, 3.8) is 0 Å². The van der Waals surface area contributed by atoms with E-state index in [0.29, 0.717) is 12.5 Å². The van der Waals surface area contributed by atoms with Crippen LogP contribution in [0.25, 0.3) is 0 Å². The molecule has 112 valence electrons. The Morgan fingerprint density at radius 2 is 2.05 bits per heavy atom. The molecule has 1 aromatic rings. The Hall–Kier alpha value is -1.55. The smallest absolute Gasteiger partial charge is 0.220 e. The molecule has 0 aliphatic carbocycles. The number of ether oxygens (including phenoxy) is 1. The third-order valence-electron chi connectivity index (χ3n) is 3.10. The summed E-state index contributed by atoms with van der Waals surface area (Å²) in [5, 5.41) is 6.32. The normalized spacial score (nSPS) is 12.2. The maximum atomic E-state index is 11.9. The predicted octanol–water partition coefficient (Wildman–Crippen LogP) is 2.65. The molecular formula is C16H26N2O2. The highest BCUT2D eigenvalue weighted by molar-refractivity contribution is 5.76. The zero-order valence-corrected chi connectivity index (χ0v) is 12.9. The Bertz CT molecular complexity index is 419. The van der Waals surface area contributed by atoms with Crippen LogP contribution in [0.1, 0.15) is 45.2 Å². The lowest BCUT2D eigenvalue weighted by Crippen LogP contribution is -2.28. The van der Waals surface area contributed by atoms with Crippen LogP contribution in [-0.4, -0.2) is 25.6 Å². The number of rotatable bonds is 8. The van der Waals surface area contributed by atoms with E-state index in [-0.39, 0.29) is 11.9 Å². The van der Waals surface area contributed by atoms with E-state index in [1.54, 1.807) is 7.11 Å². The minimum absolute atomic E-state index is 0.00402. The molecule has 1 rings (SSSR count). The van der Waals surface area contributed by atoms with Crippen LogP contribution in [0.4, 0.5) is 0 Å². The van der Waals surface area contributed by atoms with Crippen LogP contribution in [0, 0.1) is 0 Å². The largest absolute Gasteiger partial charge is 0.497 e. The molecule has 1 aromatic carbocycles. The second-order valence-electron chi connectivity index (χ2n) is 5.28. The maximum absolute atomic E-state index is 11.9. The highest BCUT2D eigenvalue weighted by Gasteiger charge is 2.10. The van der Waals surface area contributed by atoms with Crippen molar-refractivity contribution in [2.24, 2.45) is 0 Å². The van der Waals surface area contributed by atoms with Gasteiger partial charge in [0.05, 0.1) is 13.2 Å². The highest BCUT2D eigenvalue weighted by Crippen LogP contribution is 2.18. The molecule has 1 amide bonds. The predicted molar refractivity (Wildman–Crippen MR) is 81.9 cm³/mol. The molecule has 0 spiro atoms. The molecule has 0 heterocycles. The van der Waals surface area contributed by atoms with Crippen molar-refractivity contribution in [3.8, 4) is 5.75 Å². The van der Waals surface area contributed by atoms with E-state index in [1.807, 2.05) is 31.2 Å². The third kappa shape index (κ3) is 6.06. The van der Waals surface area contributed by atoms with Gasteiger partial charge in [-0.1, -0.05) is 26.0 Å². The van der Waals surface area contributed by atoms with E-state index in [4.69, 9.17) is 4.74 Å². The van der Waals surface area contributed by atoms with Gasteiger partial charge in [0.15, 0.2) is 0 Å². The standard InChI is InChI=1S/C16H26N2O2/c1-12(2)17-10-6-9-16(19)18-13(3)14-7-5-8-15(11-14)20-4/h5,7-8,11-13,17H,6,9-10H2,1-4H3,(H,18,19)/t13-/m1/s1. The van der Waals surface area contributed by atoms with Gasteiger partial charge in [0.25, 0.3) is 0 Å². The Morgan fingerprint density at radius 1 is 1.30 bits per heavy atom. The van der Waals surface area contributed by atoms with Crippen molar-refractivity contribution < 1.29 is 9.53 Å². The number of hydrogen-bond donors (Lipinski definition) is 2. The number of nitrogens with one attached hydrogen (secondary N) is 2. The fourth-order valence-corrected chi connectivity index (χ4v) is 1.95. The molecule has 1 atom stereocenters. The van der Waals surface area contributed by atoms with Crippen LogP contribution >= 0.6 is 0 Å². The van der Waals surface area contributed by atoms with E-state index in [9.17, 15) is 4.79 Å². The average Bonchev–Trinajstić information content (AvgIpc) is 2.43. The van der Waals surface area contributed by atoms with Gasteiger partial charge >= 0.3 is 0 Å². The van der Waals surface area contributed by atoms with Crippen LogP contribution in [0.2, 0.25) is 0 Å². The molecule has 0 unspecified atom stereocenters.